The van der Waals surface area contributed by atoms with Crippen LogP contribution in [0, 0.1) is 5.82 Å². The Hall–Kier alpha value is -3.78. The lowest BCUT2D eigenvalue weighted by molar-refractivity contribution is -0.118. The lowest BCUT2D eigenvalue weighted by Crippen LogP contribution is -2.58. The molecule has 0 aliphatic carbocycles. The van der Waals surface area contributed by atoms with Crippen molar-refractivity contribution >= 4 is 39.3 Å². The van der Waals surface area contributed by atoms with Crippen LogP contribution in [0.3, 0.4) is 0 Å². The lowest BCUT2D eigenvalue weighted by atomic mass is 9.85. The zero-order valence-corrected chi connectivity index (χ0v) is 27.0. The molecule has 0 radical (unpaired) electrons. The minimum Gasteiger partial charge on any atom is -0.481 e. The summed E-state index contributed by atoms with van der Waals surface area (Å²) < 4.78 is 51.9. The molecule has 11 nitrogen and oxygen atoms in total. The van der Waals surface area contributed by atoms with Crippen LogP contribution >= 0.6 is 11.6 Å². The van der Waals surface area contributed by atoms with Crippen molar-refractivity contribution in [3.63, 3.8) is 0 Å². The van der Waals surface area contributed by atoms with Gasteiger partial charge in [-0.15, -0.1) is 0 Å². The van der Waals surface area contributed by atoms with Crippen molar-refractivity contribution in [2.24, 2.45) is 0 Å². The Balaban J connectivity index is 1.68. The van der Waals surface area contributed by atoms with Gasteiger partial charge in [-0.2, -0.15) is 4.31 Å². The van der Waals surface area contributed by atoms with Gasteiger partial charge in [-0.05, 0) is 55.2 Å². The largest absolute Gasteiger partial charge is 0.481 e. The molecule has 2 aromatic carbocycles. The minimum atomic E-state index is -3.51. The Labute approximate surface area is 267 Å². The van der Waals surface area contributed by atoms with Crippen LogP contribution in [0.15, 0.2) is 60.8 Å². The zero-order valence-electron chi connectivity index (χ0n) is 25.4. The van der Waals surface area contributed by atoms with Gasteiger partial charge in [0, 0.05) is 59.6 Å². The molecule has 0 bridgehead atoms. The van der Waals surface area contributed by atoms with Gasteiger partial charge in [-0.3, -0.25) is 4.79 Å². The maximum Gasteiger partial charge on any atom is 0.407 e. The van der Waals surface area contributed by atoms with Gasteiger partial charge in [0.1, 0.15) is 11.9 Å². The summed E-state index contributed by atoms with van der Waals surface area (Å²) in [6.07, 6.45) is 2.31. The number of carbonyl (C=O) groups is 2. The third-order valence-electron chi connectivity index (χ3n) is 7.73. The number of sulfonamides is 1. The normalized spacial score (nSPS) is 18.4. The average molecular weight is 662 g/mol. The summed E-state index contributed by atoms with van der Waals surface area (Å²) in [5, 5.41) is 9.15. The predicted molar refractivity (Wildman–Crippen MR) is 170 cm³/mol. The molecular weight excluding hydrogens is 625 g/mol. The number of rotatable bonds is 11. The number of piperazine rings is 1. The van der Waals surface area contributed by atoms with Gasteiger partial charge in [-0.1, -0.05) is 35.9 Å². The van der Waals surface area contributed by atoms with Crippen molar-refractivity contribution in [1.29, 1.82) is 0 Å². The highest BCUT2D eigenvalue weighted by molar-refractivity contribution is 7.88. The van der Waals surface area contributed by atoms with Crippen LogP contribution in [0.5, 0.6) is 5.88 Å². The van der Waals surface area contributed by atoms with Crippen LogP contribution in [0.4, 0.5) is 14.9 Å². The number of hydrogen-bond donors (Lipinski definition) is 3. The number of halogens is 2. The van der Waals surface area contributed by atoms with Crippen LogP contribution in [0.2, 0.25) is 5.02 Å². The highest BCUT2D eigenvalue weighted by Crippen LogP contribution is 2.32. The first-order chi connectivity index (χ1) is 21.4. The molecule has 14 heteroatoms. The number of pyridine rings is 1. The summed E-state index contributed by atoms with van der Waals surface area (Å²) >= 11 is 6.14. The molecular formula is C31H37ClFN5O6S. The van der Waals surface area contributed by atoms with E-state index in [4.69, 9.17) is 21.1 Å². The van der Waals surface area contributed by atoms with E-state index in [1.807, 2.05) is 6.92 Å². The Morgan fingerprint density at radius 3 is 2.44 bits per heavy atom. The summed E-state index contributed by atoms with van der Waals surface area (Å²) in [6.45, 7) is 2.74. The number of nitrogens with one attached hydrogen (secondary N) is 3. The number of methoxy groups -OCH3 is 2. The number of ether oxygens (including phenoxy) is 2. The maximum atomic E-state index is 15.3. The third-order valence-corrected chi connectivity index (χ3v) is 9.41. The molecule has 0 spiro atoms. The van der Waals surface area contributed by atoms with E-state index >= 15 is 4.39 Å². The van der Waals surface area contributed by atoms with E-state index < -0.39 is 45.8 Å². The van der Waals surface area contributed by atoms with Gasteiger partial charge in [0.15, 0.2) is 0 Å². The van der Waals surface area contributed by atoms with Gasteiger partial charge in [0.25, 0.3) is 0 Å². The summed E-state index contributed by atoms with van der Waals surface area (Å²) in [4.78, 5) is 30.9. The molecule has 0 saturated carbocycles. The fourth-order valence-electron chi connectivity index (χ4n) is 5.71. The van der Waals surface area contributed by atoms with Gasteiger partial charge in [0.05, 0.1) is 20.5 Å². The second-order valence-corrected chi connectivity index (χ2v) is 13.1. The maximum absolute atomic E-state index is 15.3. The minimum absolute atomic E-state index is 0.144. The molecule has 1 aliphatic heterocycles. The smallest absolute Gasteiger partial charge is 0.407 e. The van der Waals surface area contributed by atoms with Crippen LogP contribution in [0.1, 0.15) is 36.0 Å². The molecule has 45 heavy (non-hydrogen) atoms. The van der Waals surface area contributed by atoms with E-state index in [1.165, 1.54) is 43.1 Å². The van der Waals surface area contributed by atoms with Crippen molar-refractivity contribution < 1.29 is 31.9 Å². The second kappa shape index (κ2) is 15.0. The van der Waals surface area contributed by atoms with Crippen molar-refractivity contribution in [1.82, 2.24) is 19.9 Å². The number of hydrogen-bond acceptors (Lipinski definition) is 8. The molecule has 3 N–H and O–H groups in total. The fraction of sp³-hybridized carbons (Fsp3) is 0.387. The highest BCUT2D eigenvalue weighted by atomic mass is 35.5. The molecule has 2 amide bonds. The molecule has 3 aromatic rings. The standard InChI is InChI=1S/C31H37ClFN5O6S/c1-19-16-34-18-23(38(19)45(4,41)42)13-14-24-25(33)6-5-7-26(24)36-30(39)29(37-31(40)44-3)28(20-8-11-22(32)12-9-20)21-10-15-27(43-2)35-17-21/h5-12,15,17,19,23,28-29,34H,13-14,16,18H2,1-4H3,(H,36,39)(H,37,40)/t19-,23-,28-,29-/m0/s1. The van der Waals surface area contributed by atoms with Gasteiger partial charge < -0.3 is 25.4 Å². The van der Waals surface area contributed by atoms with Gasteiger partial charge in [0.2, 0.25) is 21.8 Å². The number of aromatic nitrogens is 1. The zero-order chi connectivity index (χ0) is 32.7. The number of benzene rings is 2. The van der Waals surface area contributed by atoms with E-state index in [2.05, 4.69) is 20.9 Å². The number of carbonyl (C=O) groups excluding carboxylic acids is 2. The SMILES string of the molecule is COC(=O)N[C@H](C(=O)Nc1cccc(F)c1CC[C@H]1CNC[C@H](C)N1S(C)(=O)=O)[C@@H](c1ccc(Cl)cc1)c1ccc(OC)nc1. The van der Waals surface area contributed by atoms with E-state index in [0.29, 0.717) is 41.5 Å². The number of anilines is 1. The van der Waals surface area contributed by atoms with Crippen LogP contribution in [-0.2, 0) is 26.0 Å². The third kappa shape index (κ3) is 8.48. The van der Waals surface area contributed by atoms with Crippen molar-refractivity contribution in [2.45, 2.75) is 43.8 Å². The summed E-state index contributed by atoms with van der Waals surface area (Å²) in [5.74, 6) is -1.61. The molecule has 1 fully saturated rings. The molecule has 242 valence electrons. The average Bonchev–Trinajstić information content (AvgIpc) is 3.00. The number of amides is 2. The van der Waals surface area contributed by atoms with Crippen molar-refractivity contribution in [3.05, 3.63) is 88.3 Å². The molecule has 0 unspecified atom stereocenters. The topological polar surface area (TPSA) is 139 Å². The van der Waals surface area contributed by atoms with Gasteiger partial charge >= 0.3 is 6.09 Å². The number of nitrogens with zero attached hydrogens (tertiary/aromatic N) is 2. The van der Waals surface area contributed by atoms with Gasteiger partial charge in [-0.25, -0.2) is 22.6 Å². The summed E-state index contributed by atoms with van der Waals surface area (Å²) in [7, 11) is -0.843. The molecule has 1 saturated heterocycles. The molecule has 1 aromatic heterocycles. The molecule has 4 atom stereocenters. The first-order valence-corrected chi connectivity index (χ1v) is 16.5. The lowest BCUT2D eigenvalue weighted by Gasteiger charge is -2.39. The highest BCUT2D eigenvalue weighted by Gasteiger charge is 2.36. The second-order valence-electron chi connectivity index (χ2n) is 10.8. The quantitative estimate of drug-likeness (QED) is 0.281. The fourth-order valence-corrected chi connectivity index (χ4v) is 7.28. The molecule has 4 rings (SSSR count). The Kier molecular flexibility index (Phi) is 11.4. The van der Waals surface area contributed by atoms with Crippen LogP contribution < -0.4 is 20.7 Å². The first kappa shape index (κ1) is 34.1. The van der Waals surface area contributed by atoms with E-state index in [9.17, 15) is 18.0 Å². The van der Waals surface area contributed by atoms with E-state index in [-0.39, 0.29) is 23.7 Å². The van der Waals surface area contributed by atoms with Crippen LogP contribution in [-0.4, -0.2) is 81.4 Å². The Morgan fingerprint density at radius 2 is 1.82 bits per heavy atom. The van der Waals surface area contributed by atoms with Crippen LogP contribution in [0.25, 0.3) is 0 Å². The molecule has 1 aliphatic rings. The van der Waals surface area contributed by atoms with E-state index in [1.54, 1.807) is 42.5 Å². The first-order valence-electron chi connectivity index (χ1n) is 14.3. The molecule has 2 heterocycles. The van der Waals surface area contributed by atoms with E-state index in [0.717, 1.165) is 0 Å². The summed E-state index contributed by atoms with van der Waals surface area (Å²) in [5.41, 5.74) is 1.63. The monoisotopic (exact) mass is 661 g/mol. The Morgan fingerprint density at radius 1 is 1.11 bits per heavy atom. The Bertz CT molecular complexity index is 1590. The summed E-state index contributed by atoms with van der Waals surface area (Å²) in [6, 6.07) is 12.6. The number of alkyl carbamates (subject to hydrolysis) is 1. The van der Waals surface area contributed by atoms with Crippen molar-refractivity contribution in [3.8, 4) is 5.88 Å². The predicted octanol–water partition coefficient (Wildman–Crippen LogP) is 3.93. The van der Waals surface area contributed by atoms with Crippen molar-refractivity contribution in [2.75, 3.05) is 38.9 Å².